The van der Waals surface area contributed by atoms with Crippen molar-refractivity contribution in [3.63, 3.8) is 0 Å². The van der Waals surface area contributed by atoms with Crippen LogP contribution in [0.2, 0.25) is 0 Å². The van der Waals surface area contributed by atoms with E-state index < -0.39 is 10.0 Å². The van der Waals surface area contributed by atoms with E-state index in [1.165, 1.54) is 10.4 Å². The van der Waals surface area contributed by atoms with Crippen LogP contribution in [0.3, 0.4) is 0 Å². The van der Waals surface area contributed by atoms with Gasteiger partial charge in [0.1, 0.15) is 0 Å². The van der Waals surface area contributed by atoms with Crippen molar-refractivity contribution in [2.45, 2.75) is 24.6 Å². The van der Waals surface area contributed by atoms with E-state index in [1.54, 1.807) is 18.2 Å². The van der Waals surface area contributed by atoms with Gasteiger partial charge in [0, 0.05) is 13.1 Å². The van der Waals surface area contributed by atoms with Gasteiger partial charge in [-0.3, -0.25) is 0 Å². The van der Waals surface area contributed by atoms with Crippen LogP contribution in [0.1, 0.15) is 16.7 Å². The molecule has 0 amide bonds. The van der Waals surface area contributed by atoms with Crippen LogP contribution in [0.15, 0.2) is 53.4 Å². The van der Waals surface area contributed by atoms with Crippen molar-refractivity contribution >= 4 is 10.0 Å². The van der Waals surface area contributed by atoms with E-state index in [0.29, 0.717) is 18.7 Å². The molecule has 1 aliphatic rings. The van der Waals surface area contributed by atoms with Crippen LogP contribution in [-0.4, -0.2) is 17.8 Å². The molecular weight excluding hydrogens is 274 g/mol. The fraction of sp³-hybridized carbons (Fsp3) is 0.200. The molecule has 104 valence electrons. The molecule has 0 aromatic heterocycles. The van der Waals surface area contributed by atoms with E-state index in [4.69, 9.17) is 5.11 Å². The highest BCUT2D eigenvalue weighted by Crippen LogP contribution is 2.28. The van der Waals surface area contributed by atoms with E-state index in [2.05, 4.69) is 0 Å². The highest BCUT2D eigenvalue weighted by molar-refractivity contribution is 7.89. The lowest BCUT2D eigenvalue weighted by atomic mass is 10.1. The van der Waals surface area contributed by atoms with Crippen molar-refractivity contribution < 1.29 is 13.5 Å². The van der Waals surface area contributed by atoms with Crippen LogP contribution in [-0.2, 0) is 29.7 Å². The second-order valence-electron chi connectivity index (χ2n) is 4.85. The summed E-state index contributed by atoms with van der Waals surface area (Å²) in [5, 5.41) is 9.13. The summed E-state index contributed by atoms with van der Waals surface area (Å²) in [5.41, 5.74) is 2.70. The number of fused-ring (bicyclic) bond motifs is 1. The van der Waals surface area contributed by atoms with Gasteiger partial charge in [-0.15, -0.1) is 0 Å². The van der Waals surface area contributed by atoms with Crippen molar-refractivity contribution in [2.75, 3.05) is 0 Å². The minimum absolute atomic E-state index is 0.163. The van der Waals surface area contributed by atoms with Gasteiger partial charge in [-0.2, -0.15) is 4.31 Å². The van der Waals surface area contributed by atoms with Crippen LogP contribution in [0, 0.1) is 0 Å². The van der Waals surface area contributed by atoms with Gasteiger partial charge in [-0.05, 0) is 28.8 Å². The number of nitrogens with zero attached hydrogens (tertiary/aromatic N) is 1. The van der Waals surface area contributed by atoms with Crippen LogP contribution in [0.25, 0.3) is 0 Å². The van der Waals surface area contributed by atoms with Gasteiger partial charge in [0.2, 0.25) is 10.0 Å². The lowest BCUT2D eigenvalue weighted by Crippen LogP contribution is -2.25. The van der Waals surface area contributed by atoms with Crippen LogP contribution in [0.5, 0.6) is 0 Å². The molecule has 0 spiro atoms. The zero-order chi connectivity index (χ0) is 14.2. The van der Waals surface area contributed by atoms with Crippen molar-refractivity contribution in [1.29, 1.82) is 0 Å². The number of sulfonamides is 1. The van der Waals surface area contributed by atoms with Gasteiger partial charge in [0.15, 0.2) is 0 Å². The van der Waals surface area contributed by atoms with Crippen LogP contribution >= 0.6 is 0 Å². The summed E-state index contributed by atoms with van der Waals surface area (Å²) in [6, 6.07) is 14.2. The SMILES string of the molecule is O=S(=O)(c1cccc(CO)c1)N1Cc2ccccc2C1. The quantitative estimate of drug-likeness (QED) is 0.938. The predicted molar refractivity (Wildman–Crippen MR) is 75.2 cm³/mol. The molecule has 0 unspecified atom stereocenters. The Labute approximate surface area is 118 Å². The first kappa shape index (κ1) is 13.3. The summed E-state index contributed by atoms with van der Waals surface area (Å²) in [4.78, 5) is 0.233. The molecule has 20 heavy (non-hydrogen) atoms. The van der Waals surface area contributed by atoms with E-state index in [9.17, 15) is 8.42 Å². The van der Waals surface area contributed by atoms with Gasteiger partial charge < -0.3 is 5.11 Å². The topological polar surface area (TPSA) is 57.6 Å². The highest BCUT2D eigenvalue weighted by atomic mass is 32.2. The third-order valence-corrected chi connectivity index (χ3v) is 5.32. The molecule has 1 heterocycles. The first-order chi connectivity index (χ1) is 9.61. The van der Waals surface area contributed by atoms with Gasteiger partial charge in [0.05, 0.1) is 11.5 Å². The number of hydrogen-bond donors (Lipinski definition) is 1. The summed E-state index contributed by atoms with van der Waals surface area (Å²) in [7, 11) is -3.52. The molecule has 3 rings (SSSR count). The zero-order valence-electron chi connectivity index (χ0n) is 10.9. The van der Waals surface area contributed by atoms with Gasteiger partial charge in [-0.1, -0.05) is 36.4 Å². The molecule has 1 aliphatic heterocycles. The maximum absolute atomic E-state index is 12.6. The van der Waals surface area contributed by atoms with Crippen LogP contribution in [0.4, 0.5) is 0 Å². The third kappa shape index (κ3) is 2.24. The number of rotatable bonds is 3. The second-order valence-corrected chi connectivity index (χ2v) is 6.79. The largest absolute Gasteiger partial charge is 0.392 e. The first-order valence-corrected chi connectivity index (χ1v) is 7.82. The van der Waals surface area contributed by atoms with E-state index in [1.807, 2.05) is 24.3 Å². The maximum atomic E-state index is 12.6. The lowest BCUT2D eigenvalue weighted by Gasteiger charge is -2.16. The van der Waals surface area contributed by atoms with E-state index in [-0.39, 0.29) is 11.5 Å². The standard InChI is InChI=1S/C15H15NO3S/c17-11-12-4-3-7-15(8-12)20(18,19)16-9-13-5-1-2-6-14(13)10-16/h1-8,17H,9-11H2. The molecule has 0 saturated carbocycles. The monoisotopic (exact) mass is 289 g/mol. The fourth-order valence-corrected chi connectivity index (χ4v) is 3.89. The molecule has 0 atom stereocenters. The first-order valence-electron chi connectivity index (χ1n) is 6.38. The molecule has 1 N–H and O–H groups in total. The smallest absolute Gasteiger partial charge is 0.243 e. The molecule has 2 aromatic rings. The maximum Gasteiger partial charge on any atom is 0.243 e. The normalized spacial score (nSPS) is 15.2. The van der Waals surface area contributed by atoms with Gasteiger partial charge in [-0.25, -0.2) is 8.42 Å². The van der Waals surface area contributed by atoms with Gasteiger partial charge >= 0.3 is 0 Å². The molecular formula is C15H15NO3S. The number of aliphatic hydroxyl groups excluding tert-OH is 1. The number of aliphatic hydroxyl groups is 1. The molecule has 0 aliphatic carbocycles. The predicted octanol–water partition coefficient (Wildman–Crippen LogP) is 1.88. The van der Waals surface area contributed by atoms with Crippen molar-refractivity contribution in [2.24, 2.45) is 0 Å². The Kier molecular flexibility index (Phi) is 3.33. The Bertz CT molecular complexity index is 715. The molecule has 4 nitrogen and oxygen atoms in total. The summed E-state index contributed by atoms with van der Waals surface area (Å²) < 4.78 is 26.7. The van der Waals surface area contributed by atoms with E-state index >= 15 is 0 Å². The Hall–Kier alpha value is -1.69. The minimum Gasteiger partial charge on any atom is -0.392 e. The highest BCUT2D eigenvalue weighted by Gasteiger charge is 2.30. The molecule has 2 aromatic carbocycles. The molecule has 0 fully saturated rings. The lowest BCUT2D eigenvalue weighted by molar-refractivity contribution is 0.281. The van der Waals surface area contributed by atoms with Crippen molar-refractivity contribution in [1.82, 2.24) is 4.31 Å². The Morgan fingerprint density at radius 3 is 2.25 bits per heavy atom. The second kappa shape index (κ2) is 5.01. The number of hydrogen-bond acceptors (Lipinski definition) is 3. The Balaban J connectivity index is 1.94. The molecule has 0 radical (unpaired) electrons. The van der Waals surface area contributed by atoms with Gasteiger partial charge in [0.25, 0.3) is 0 Å². The molecule has 0 saturated heterocycles. The summed E-state index contributed by atoms with van der Waals surface area (Å²) in [6.07, 6.45) is 0. The zero-order valence-corrected chi connectivity index (χ0v) is 11.7. The van der Waals surface area contributed by atoms with E-state index in [0.717, 1.165) is 11.1 Å². The summed E-state index contributed by atoms with van der Waals surface area (Å²) >= 11 is 0. The minimum atomic E-state index is -3.52. The number of benzene rings is 2. The average molecular weight is 289 g/mol. The molecule has 5 heteroatoms. The fourth-order valence-electron chi connectivity index (χ4n) is 2.43. The average Bonchev–Trinajstić information content (AvgIpc) is 2.92. The Morgan fingerprint density at radius 2 is 1.65 bits per heavy atom. The Morgan fingerprint density at radius 1 is 1.00 bits per heavy atom. The molecule has 0 bridgehead atoms. The van der Waals surface area contributed by atoms with Crippen LogP contribution < -0.4 is 0 Å². The summed E-state index contributed by atoms with van der Waals surface area (Å²) in [6.45, 7) is 0.646. The van der Waals surface area contributed by atoms with Crippen molar-refractivity contribution in [3.8, 4) is 0 Å². The third-order valence-electron chi connectivity index (χ3n) is 3.53. The van der Waals surface area contributed by atoms with Crippen molar-refractivity contribution in [3.05, 3.63) is 65.2 Å². The summed E-state index contributed by atoms with van der Waals surface area (Å²) in [5.74, 6) is 0.